The van der Waals surface area contributed by atoms with Crippen molar-refractivity contribution in [3.8, 4) is 0 Å². The van der Waals surface area contributed by atoms with Gasteiger partial charge in [-0.1, -0.05) is 29.8 Å². The van der Waals surface area contributed by atoms with Gasteiger partial charge in [-0.25, -0.2) is 9.97 Å². The standard InChI is InChI=1S/C19H17ClN4O2S2/c20-15-4-2-1-3-12(15)7-14-9-21-18(28-14)23-16(25)8-13-10-27-19(22-13)24-17(26)11-5-6-11/h1-4,9-11H,5-8H2,(H,21,23,25)(H,22,24,26). The van der Waals surface area contributed by atoms with E-state index in [-0.39, 0.29) is 24.2 Å². The van der Waals surface area contributed by atoms with Crippen LogP contribution in [0.1, 0.15) is 29.0 Å². The summed E-state index contributed by atoms with van der Waals surface area (Å²) in [6.07, 6.45) is 4.44. The molecular weight excluding hydrogens is 416 g/mol. The van der Waals surface area contributed by atoms with Gasteiger partial charge in [-0.05, 0) is 24.5 Å². The predicted molar refractivity (Wildman–Crippen MR) is 112 cm³/mol. The molecule has 4 rings (SSSR count). The zero-order valence-electron chi connectivity index (χ0n) is 14.8. The largest absolute Gasteiger partial charge is 0.302 e. The third kappa shape index (κ3) is 4.95. The van der Waals surface area contributed by atoms with Crippen molar-refractivity contribution in [3.63, 3.8) is 0 Å². The Kier molecular flexibility index (Phi) is 5.70. The Hall–Kier alpha value is -2.29. The number of halogens is 1. The van der Waals surface area contributed by atoms with Gasteiger partial charge in [-0.2, -0.15) is 0 Å². The lowest BCUT2D eigenvalue weighted by molar-refractivity contribution is -0.117. The number of thiazole rings is 2. The fourth-order valence-corrected chi connectivity index (χ4v) is 4.37. The predicted octanol–water partition coefficient (Wildman–Crippen LogP) is 4.37. The maximum absolute atomic E-state index is 12.3. The molecule has 0 atom stereocenters. The minimum atomic E-state index is -0.191. The number of amides is 2. The number of aromatic nitrogens is 2. The molecule has 1 fully saturated rings. The van der Waals surface area contributed by atoms with Gasteiger partial charge in [-0.15, -0.1) is 22.7 Å². The van der Waals surface area contributed by atoms with Crippen LogP contribution in [-0.2, 0) is 22.4 Å². The fraction of sp³-hybridized carbons (Fsp3) is 0.263. The molecule has 0 aliphatic heterocycles. The van der Waals surface area contributed by atoms with E-state index in [2.05, 4.69) is 20.6 Å². The van der Waals surface area contributed by atoms with Crippen LogP contribution in [0.5, 0.6) is 0 Å². The zero-order valence-corrected chi connectivity index (χ0v) is 17.2. The first-order chi connectivity index (χ1) is 13.6. The van der Waals surface area contributed by atoms with E-state index in [1.165, 1.54) is 22.7 Å². The van der Waals surface area contributed by atoms with Gasteiger partial charge >= 0.3 is 0 Å². The van der Waals surface area contributed by atoms with Crippen LogP contribution in [-0.4, -0.2) is 21.8 Å². The van der Waals surface area contributed by atoms with E-state index in [0.717, 1.165) is 28.3 Å². The lowest BCUT2D eigenvalue weighted by Crippen LogP contribution is -2.15. The molecule has 0 unspecified atom stereocenters. The SMILES string of the molecule is O=C(Cc1csc(NC(=O)C2CC2)n1)Nc1ncc(Cc2ccccc2Cl)s1. The van der Waals surface area contributed by atoms with E-state index in [0.29, 0.717) is 22.4 Å². The third-order valence-corrected chi connectivity index (χ3v) is 6.28. The summed E-state index contributed by atoms with van der Waals surface area (Å²) in [5.41, 5.74) is 1.65. The monoisotopic (exact) mass is 432 g/mol. The Balaban J connectivity index is 1.30. The summed E-state index contributed by atoms with van der Waals surface area (Å²) in [7, 11) is 0. The molecule has 1 aliphatic carbocycles. The molecule has 2 aromatic heterocycles. The van der Waals surface area contributed by atoms with Crippen molar-refractivity contribution in [1.82, 2.24) is 9.97 Å². The van der Waals surface area contributed by atoms with Crippen LogP contribution in [0.2, 0.25) is 5.02 Å². The molecule has 3 aromatic rings. The molecule has 6 nitrogen and oxygen atoms in total. The first-order valence-electron chi connectivity index (χ1n) is 8.80. The molecular formula is C19H17ClN4O2S2. The minimum absolute atomic E-state index is 0.0131. The summed E-state index contributed by atoms with van der Waals surface area (Å²) in [4.78, 5) is 33.6. The van der Waals surface area contributed by atoms with Crippen LogP contribution in [0.3, 0.4) is 0 Å². The first kappa shape index (κ1) is 19.0. The molecule has 0 saturated heterocycles. The van der Waals surface area contributed by atoms with Crippen LogP contribution in [0.4, 0.5) is 10.3 Å². The Morgan fingerprint density at radius 2 is 2.00 bits per heavy atom. The molecule has 0 bridgehead atoms. The van der Waals surface area contributed by atoms with Crippen molar-refractivity contribution in [3.05, 3.63) is 57.0 Å². The van der Waals surface area contributed by atoms with Crippen LogP contribution in [0.15, 0.2) is 35.8 Å². The molecule has 1 aromatic carbocycles. The Morgan fingerprint density at radius 1 is 1.18 bits per heavy atom. The van der Waals surface area contributed by atoms with Crippen molar-refractivity contribution in [2.24, 2.45) is 5.92 Å². The number of nitrogens with one attached hydrogen (secondary N) is 2. The molecule has 1 aliphatic rings. The van der Waals surface area contributed by atoms with Crippen LogP contribution in [0, 0.1) is 5.92 Å². The summed E-state index contributed by atoms with van der Waals surface area (Å²) in [5.74, 6) is -0.0521. The van der Waals surface area contributed by atoms with Crippen molar-refractivity contribution in [2.75, 3.05) is 10.6 Å². The highest BCUT2D eigenvalue weighted by molar-refractivity contribution is 7.15. The second kappa shape index (κ2) is 8.38. The Bertz CT molecular complexity index is 1010. The Morgan fingerprint density at radius 3 is 2.79 bits per heavy atom. The van der Waals surface area contributed by atoms with E-state index in [1.807, 2.05) is 24.3 Å². The first-order valence-corrected chi connectivity index (χ1v) is 10.9. The van der Waals surface area contributed by atoms with Gasteiger partial charge in [0.25, 0.3) is 0 Å². The summed E-state index contributed by atoms with van der Waals surface area (Å²) < 4.78 is 0. The number of nitrogens with zero attached hydrogens (tertiary/aromatic N) is 2. The van der Waals surface area contributed by atoms with Crippen molar-refractivity contribution >= 4 is 56.4 Å². The van der Waals surface area contributed by atoms with Crippen LogP contribution < -0.4 is 10.6 Å². The van der Waals surface area contributed by atoms with E-state index in [1.54, 1.807) is 11.6 Å². The molecule has 1 saturated carbocycles. The number of rotatable bonds is 7. The molecule has 9 heteroatoms. The number of carbonyl (C=O) groups is 2. The van der Waals surface area contributed by atoms with Gasteiger partial charge in [0.05, 0.1) is 12.1 Å². The Labute approximate surface area is 175 Å². The smallest absolute Gasteiger partial charge is 0.232 e. The van der Waals surface area contributed by atoms with Crippen LogP contribution in [0.25, 0.3) is 0 Å². The lowest BCUT2D eigenvalue weighted by atomic mass is 10.1. The number of hydrogen-bond donors (Lipinski definition) is 2. The van der Waals surface area contributed by atoms with Crippen molar-refractivity contribution < 1.29 is 9.59 Å². The van der Waals surface area contributed by atoms with E-state index in [9.17, 15) is 9.59 Å². The topological polar surface area (TPSA) is 84.0 Å². The maximum atomic E-state index is 12.3. The van der Waals surface area contributed by atoms with Crippen molar-refractivity contribution in [1.29, 1.82) is 0 Å². The number of anilines is 2. The fourth-order valence-electron chi connectivity index (χ4n) is 2.60. The second-order valence-electron chi connectivity index (χ2n) is 6.53. The summed E-state index contributed by atoms with van der Waals surface area (Å²) in [6.45, 7) is 0. The highest BCUT2D eigenvalue weighted by Gasteiger charge is 2.30. The molecule has 2 heterocycles. The summed E-state index contributed by atoms with van der Waals surface area (Å²) >= 11 is 8.94. The highest BCUT2D eigenvalue weighted by Crippen LogP contribution is 2.30. The van der Waals surface area contributed by atoms with E-state index >= 15 is 0 Å². The zero-order chi connectivity index (χ0) is 19.5. The molecule has 2 N–H and O–H groups in total. The quantitative estimate of drug-likeness (QED) is 0.580. The molecule has 0 radical (unpaired) electrons. The van der Waals surface area contributed by atoms with Crippen LogP contribution >= 0.6 is 34.3 Å². The number of benzene rings is 1. The van der Waals surface area contributed by atoms with Gasteiger partial charge in [0.2, 0.25) is 11.8 Å². The van der Waals surface area contributed by atoms with E-state index < -0.39 is 0 Å². The van der Waals surface area contributed by atoms with Gasteiger partial charge in [-0.3, -0.25) is 9.59 Å². The molecule has 28 heavy (non-hydrogen) atoms. The summed E-state index contributed by atoms with van der Waals surface area (Å²) in [5, 5.41) is 9.18. The highest BCUT2D eigenvalue weighted by atomic mass is 35.5. The second-order valence-corrected chi connectivity index (χ2v) is 8.91. The van der Waals surface area contributed by atoms with Gasteiger partial charge in [0.15, 0.2) is 10.3 Å². The summed E-state index contributed by atoms with van der Waals surface area (Å²) in [6, 6.07) is 7.67. The van der Waals surface area contributed by atoms with Crippen molar-refractivity contribution in [2.45, 2.75) is 25.7 Å². The lowest BCUT2D eigenvalue weighted by Gasteiger charge is -2.01. The molecule has 2 amide bonds. The normalized spacial score (nSPS) is 13.3. The van der Waals surface area contributed by atoms with Gasteiger partial charge in [0.1, 0.15) is 0 Å². The van der Waals surface area contributed by atoms with E-state index in [4.69, 9.17) is 11.6 Å². The molecule has 0 spiro atoms. The van der Waals surface area contributed by atoms with Gasteiger partial charge in [0, 0.05) is 33.8 Å². The third-order valence-electron chi connectivity index (χ3n) is 4.19. The number of hydrogen-bond acceptors (Lipinski definition) is 6. The number of carbonyl (C=O) groups excluding carboxylic acids is 2. The average molecular weight is 433 g/mol. The minimum Gasteiger partial charge on any atom is -0.302 e. The maximum Gasteiger partial charge on any atom is 0.232 e. The van der Waals surface area contributed by atoms with Gasteiger partial charge < -0.3 is 10.6 Å². The molecule has 144 valence electrons. The average Bonchev–Trinajstić information content (AvgIpc) is 3.30.